The Bertz CT molecular complexity index is 1200. The van der Waals surface area contributed by atoms with E-state index in [1.54, 1.807) is 0 Å². The molecular formula is C21H23N3O6S. The fraction of sp³-hybridized carbons (Fsp3) is 0.381. The van der Waals surface area contributed by atoms with Crippen molar-refractivity contribution in [1.82, 2.24) is 0 Å². The van der Waals surface area contributed by atoms with Crippen LogP contribution in [0.2, 0.25) is 0 Å². The highest BCUT2D eigenvalue weighted by Crippen LogP contribution is 2.43. The summed E-state index contributed by atoms with van der Waals surface area (Å²) in [5.74, 6) is 0.670. The van der Waals surface area contributed by atoms with Crippen molar-refractivity contribution in [3.63, 3.8) is 0 Å². The molecule has 4 rings (SSSR count). The second kappa shape index (κ2) is 7.31. The van der Waals surface area contributed by atoms with Crippen molar-refractivity contribution in [2.45, 2.75) is 43.6 Å². The minimum Gasteiger partial charge on any atom is -0.486 e. The number of piperidine rings is 1. The first kappa shape index (κ1) is 21.3. The van der Waals surface area contributed by atoms with Crippen LogP contribution in [0.15, 0.2) is 35.2 Å². The minimum atomic E-state index is -4.05. The number of hydrogen-bond acceptors (Lipinski definition) is 7. The number of nitro groups is 1. The molecule has 1 saturated heterocycles. The summed E-state index contributed by atoms with van der Waals surface area (Å²) < 4.78 is 29.5. The molecule has 0 atom stereocenters. The second-order valence-electron chi connectivity index (χ2n) is 8.28. The molecule has 0 radical (unpaired) electrons. The number of ketones is 1. The molecule has 2 N–H and O–H groups in total. The Morgan fingerprint density at radius 1 is 1.16 bits per heavy atom. The number of sulfonamides is 1. The fourth-order valence-electron chi connectivity index (χ4n) is 4.47. The Hall–Kier alpha value is -2.98. The summed E-state index contributed by atoms with van der Waals surface area (Å²) in [7, 11) is -4.05. The van der Waals surface area contributed by atoms with E-state index in [2.05, 4.69) is 0 Å². The van der Waals surface area contributed by atoms with Gasteiger partial charge in [0.15, 0.2) is 5.78 Å². The number of fused-ring (bicyclic) bond motifs is 1. The molecule has 2 aliphatic rings. The van der Waals surface area contributed by atoms with Gasteiger partial charge in [-0.2, -0.15) is 0 Å². The summed E-state index contributed by atoms with van der Waals surface area (Å²) in [6, 6.07) is 7.49. The van der Waals surface area contributed by atoms with Crippen LogP contribution in [0.5, 0.6) is 5.75 Å². The first-order chi connectivity index (χ1) is 14.5. The van der Waals surface area contributed by atoms with Crippen LogP contribution in [0.4, 0.5) is 11.4 Å². The lowest BCUT2D eigenvalue weighted by molar-refractivity contribution is -0.384. The normalized spacial score (nSPS) is 17.9. The number of nitro benzene ring substituents is 1. The largest absolute Gasteiger partial charge is 0.486 e. The number of benzene rings is 2. The highest BCUT2D eigenvalue weighted by Gasteiger charge is 2.44. The lowest BCUT2D eigenvalue weighted by atomic mass is 9.81. The number of carbonyl (C=O) groups is 1. The molecule has 2 heterocycles. The Morgan fingerprint density at radius 2 is 1.84 bits per heavy atom. The Labute approximate surface area is 180 Å². The number of rotatable bonds is 3. The van der Waals surface area contributed by atoms with Crippen molar-refractivity contribution in [2.24, 2.45) is 5.14 Å². The van der Waals surface area contributed by atoms with Gasteiger partial charge in [-0.05, 0) is 43.2 Å². The molecule has 2 aromatic carbocycles. The van der Waals surface area contributed by atoms with E-state index in [-0.39, 0.29) is 22.8 Å². The third-order valence-corrected chi connectivity index (χ3v) is 6.92. The average molecular weight is 445 g/mol. The number of carbonyl (C=O) groups excluding carboxylic acids is 1. The molecule has 0 unspecified atom stereocenters. The SMILES string of the molecule is Cc1cc(C)c2c(c1)C(=O)CC1(CCN(c3ccc(S(N)(=O)=O)cc3[N+](=O)[O-])CC1)O2. The van der Waals surface area contributed by atoms with E-state index in [9.17, 15) is 23.3 Å². The van der Waals surface area contributed by atoms with Crippen molar-refractivity contribution >= 4 is 27.2 Å². The topological polar surface area (TPSA) is 133 Å². The van der Waals surface area contributed by atoms with Crippen LogP contribution in [0.1, 0.15) is 40.7 Å². The predicted molar refractivity (Wildman–Crippen MR) is 114 cm³/mol. The molecule has 10 heteroatoms. The Morgan fingerprint density at radius 3 is 2.45 bits per heavy atom. The number of primary sulfonamides is 1. The maximum absolute atomic E-state index is 12.8. The van der Waals surface area contributed by atoms with Gasteiger partial charge in [0.05, 0.1) is 21.8 Å². The average Bonchev–Trinajstić information content (AvgIpc) is 2.68. The summed E-state index contributed by atoms with van der Waals surface area (Å²) in [6.07, 6.45) is 1.29. The van der Waals surface area contributed by atoms with E-state index in [0.717, 1.165) is 17.2 Å². The standard InChI is InChI=1S/C21H23N3O6S/c1-13-9-14(2)20-16(10-13)19(25)12-21(30-20)5-7-23(8-6-21)17-4-3-15(31(22,28)29)11-18(17)24(26)27/h3-4,9-11H,5-8,12H2,1-2H3,(H2,22,28,29). The van der Waals surface area contributed by atoms with Crippen molar-refractivity contribution in [3.05, 3.63) is 57.1 Å². The van der Waals surface area contributed by atoms with Gasteiger partial charge in [-0.3, -0.25) is 14.9 Å². The quantitative estimate of drug-likeness (QED) is 0.567. The molecule has 2 aromatic rings. The van der Waals surface area contributed by atoms with Gasteiger partial charge in [0, 0.05) is 32.0 Å². The van der Waals surface area contributed by atoms with Crippen molar-refractivity contribution in [2.75, 3.05) is 18.0 Å². The molecular weight excluding hydrogens is 422 g/mol. The summed E-state index contributed by atoms with van der Waals surface area (Å²) >= 11 is 0. The maximum Gasteiger partial charge on any atom is 0.293 e. The van der Waals surface area contributed by atoms with E-state index in [0.29, 0.717) is 42.9 Å². The molecule has 0 bridgehead atoms. The van der Waals surface area contributed by atoms with Gasteiger partial charge in [-0.25, -0.2) is 13.6 Å². The summed E-state index contributed by atoms with van der Waals surface area (Å²) in [6.45, 7) is 4.73. The van der Waals surface area contributed by atoms with Gasteiger partial charge >= 0.3 is 0 Å². The van der Waals surface area contributed by atoms with Gasteiger partial charge in [0.1, 0.15) is 17.0 Å². The number of Topliss-reactive ketones (excluding diaryl/α,β-unsaturated/α-hetero) is 1. The fourth-order valence-corrected chi connectivity index (χ4v) is 5.00. The summed E-state index contributed by atoms with van der Waals surface area (Å²) in [4.78, 5) is 25.3. The summed E-state index contributed by atoms with van der Waals surface area (Å²) in [5.41, 5.74) is 1.89. The van der Waals surface area contributed by atoms with Crippen LogP contribution < -0.4 is 14.8 Å². The lowest BCUT2D eigenvalue weighted by Crippen LogP contribution is -2.51. The molecule has 1 fully saturated rings. The zero-order valence-electron chi connectivity index (χ0n) is 17.3. The molecule has 1 spiro atoms. The number of aryl methyl sites for hydroxylation is 2. The zero-order chi connectivity index (χ0) is 22.6. The number of hydrogen-bond donors (Lipinski definition) is 1. The van der Waals surface area contributed by atoms with Crippen LogP contribution in [0.25, 0.3) is 0 Å². The van der Waals surface area contributed by atoms with Gasteiger partial charge in [-0.1, -0.05) is 6.07 Å². The molecule has 0 amide bonds. The third kappa shape index (κ3) is 3.88. The molecule has 164 valence electrons. The smallest absolute Gasteiger partial charge is 0.293 e. The van der Waals surface area contributed by atoms with Gasteiger partial charge in [-0.15, -0.1) is 0 Å². The van der Waals surface area contributed by atoms with Crippen molar-refractivity contribution in [3.8, 4) is 5.75 Å². The third-order valence-electron chi connectivity index (χ3n) is 6.01. The van der Waals surface area contributed by atoms with E-state index >= 15 is 0 Å². The first-order valence-corrected chi connectivity index (χ1v) is 11.4. The number of ether oxygens (including phenoxy) is 1. The minimum absolute atomic E-state index is 0.0463. The van der Waals surface area contributed by atoms with E-state index in [4.69, 9.17) is 9.88 Å². The second-order valence-corrected chi connectivity index (χ2v) is 9.84. The number of anilines is 1. The monoisotopic (exact) mass is 445 g/mol. The van der Waals surface area contributed by atoms with Crippen molar-refractivity contribution in [1.29, 1.82) is 0 Å². The van der Waals surface area contributed by atoms with Crippen molar-refractivity contribution < 1.29 is 22.9 Å². The van der Waals surface area contributed by atoms with Crippen LogP contribution in [0, 0.1) is 24.0 Å². The van der Waals surface area contributed by atoms with Gasteiger partial charge in [0.25, 0.3) is 5.69 Å². The zero-order valence-corrected chi connectivity index (χ0v) is 18.1. The van der Waals surface area contributed by atoms with E-state index in [1.807, 2.05) is 30.9 Å². The van der Waals surface area contributed by atoms with Crippen LogP contribution in [0.3, 0.4) is 0 Å². The Balaban J connectivity index is 1.59. The van der Waals surface area contributed by atoms with Gasteiger partial charge < -0.3 is 9.64 Å². The molecule has 0 aromatic heterocycles. The predicted octanol–water partition coefficient (Wildman–Crippen LogP) is 2.86. The van der Waals surface area contributed by atoms with E-state index in [1.165, 1.54) is 12.1 Å². The molecule has 31 heavy (non-hydrogen) atoms. The first-order valence-electron chi connectivity index (χ1n) is 9.89. The highest BCUT2D eigenvalue weighted by molar-refractivity contribution is 7.89. The lowest BCUT2D eigenvalue weighted by Gasteiger charge is -2.44. The molecule has 9 nitrogen and oxygen atoms in total. The number of nitrogens with zero attached hydrogens (tertiary/aromatic N) is 2. The van der Waals surface area contributed by atoms with Gasteiger partial charge in [0.2, 0.25) is 10.0 Å². The van der Waals surface area contributed by atoms with Crippen LogP contribution in [-0.2, 0) is 10.0 Å². The van der Waals surface area contributed by atoms with Crippen LogP contribution >= 0.6 is 0 Å². The Kier molecular flexibility index (Phi) is 5.01. The molecule has 0 aliphatic carbocycles. The maximum atomic E-state index is 12.8. The summed E-state index contributed by atoms with van der Waals surface area (Å²) in [5, 5.41) is 16.7. The highest BCUT2D eigenvalue weighted by atomic mass is 32.2. The molecule has 2 aliphatic heterocycles. The molecule has 0 saturated carbocycles. The van der Waals surface area contributed by atoms with E-state index < -0.39 is 20.5 Å². The number of nitrogens with two attached hydrogens (primary N) is 1. The van der Waals surface area contributed by atoms with Crippen LogP contribution in [-0.4, -0.2) is 37.8 Å².